The maximum Gasteiger partial charge on any atom is 0.121 e. The summed E-state index contributed by atoms with van der Waals surface area (Å²) in [5, 5.41) is 2.67. The highest BCUT2D eigenvalue weighted by atomic mass is 16.5. The average Bonchev–Trinajstić information content (AvgIpc) is 3.06. The van der Waals surface area contributed by atoms with Crippen molar-refractivity contribution < 1.29 is 4.74 Å². The highest BCUT2D eigenvalue weighted by molar-refractivity contribution is 6.08. The number of fused-ring (bicyclic) bond motifs is 6. The molecule has 1 aromatic heterocycles. The lowest BCUT2D eigenvalue weighted by atomic mass is 9.84. The summed E-state index contributed by atoms with van der Waals surface area (Å²) in [7, 11) is 0. The van der Waals surface area contributed by atoms with E-state index < -0.39 is 0 Å². The molecule has 0 spiro atoms. The highest BCUT2D eigenvalue weighted by Crippen LogP contribution is 2.33. The van der Waals surface area contributed by atoms with Gasteiger partial charge in [-0.25, -0.2) is 0 Å². The molecule has 0 atom stereocenters. The molecular formula is C25H30N2O. The number of benzene rings is 2. The van der Waals surface area contributed by atoms with Gasteiger partial charge in [-0.15, -0.1) is 0 Å². The van der Waals surface area contributed by atoms with E-state index in [-0.39, 0.29) is 0 Å². The van der Waals surface area contributed by atoms with Crippen LogP contribution in [0.15, 0.2) is 54.1 Å². The van der Waals surface area contributed by atoms with Crippen molar-refractivity contribution in [3.63, 3.8) is 0 Å². The van der Waals surface area contributed by atoms with Gasteiger partial charge in [-0.3, -0.25) is 4.90 Å². The van der Waals surface area contributed by atoms with Crippen LogP contribution in [0.4, 0.5) is 0 Å². The zero-order chi connectivity index (χ0) is 18.9. The fourth-order valence-corrected chi connectivity index (χ4v) is 5.00. The second-order valence-electron chi connectivity index (χ2n) is 8.34. The Morgan fingerprint density at radius 3 is 2.64 bits per heavy atom. The summed E-state index contributed by atoms with van der Waals surface area (Å²) in [5.41, 5.74) is 4.22. The number of aromatic nitrogens is 1. The van der Waals surface area contributed by atoms with E-state index in [2.05, 4.69) is 64.9 Å². The van der Waals surface area contributed by atoms with Crippen molar-refractivity contribution in [1.29, 1.82) is 0 Å². The number of nitrogens with zero attached hydrogens (tertiary/aromatic N) is 2. The van der Waals surface area contributed by atoms with Crippen LogP contribution in [0.2, 0.25) is 0 Å². The van der Waals surface area contributed by atoms with Gasteiger partial charge in [0.25, 0.3) is 0 Å². The number of piperidine rings is 3. The number of hydrogen-bond donors (Lipinski definition) is 0. The van der Waals surface area contributed by atoms with E-state index in [0.29, 0.717) is 6.61 Å². The van der Waals surface area contributed by atoms with Gasteiger partial charge in [0.15, 0.2) is 0 Å². The molecule has 3 nitrogen and oxygen atoms in total. The molecule has 3 fully saturated rings. The molecule has 3 aliphatic heterocycles. The molecule has 3 aromatic rings. The molecular weight excluding hydrogens is 344 g/mol. The minimum atomic E-state index is 0.681. The first-order valence-electron chi connectivity index (χ1n) is 10.9. The van der Waals surface area contributed by atoms with Crippen LogP contribution in [0.3, 0.4) is 0 Å². The first kappa shape index (κ1) is 17.8. The third kappa shape index (κ3) is 3.22. The van der Waals surface area contributed by atoms with Crippen LogP contribution < -0.4 is 4.74 Å². The Morgan fingerprint density at radius 1 is 1.04 bits per heavy atom. The van der Waals surface area contributed by atoms with Crippen molar-refractivity contribution in [2.24, 2.45) is 5.92 Å². The summed E-state index contributed by atoms with van der Waals surface area (Å²) < 4.78 is 8.64. The van der Waals surface area contributed by atoms with E-state index in [0.717, 1.165) is 24.8 Å². The number of aryl methyl sites for hydroxylation is 1. The van der Waals surface area contributed by atoms with E-state index in [1.807, 2.05) is 0 Å². The van der Waals surface area contributed by atoms with Crippen molar-refractivity contribution in [3.05, 3.63) is 54.1 Å². The van der Waals surface area contributed by atoms with Crippen LogP contribution in [-0.2, 0) is 6.54 Å². The van der Waals surface area contributed by atoms with Crippen LogP contribution in [0.1, 0.15) is 32.6 Å². The molecule has 3 saturated heterocycles. The number of unbranched alkanes of at least 4 members (excludes halogenated alkanes) is 1. The number of rotatable bonds is 6. The Bertz CT molecular complexity index is 1010. The van der Waals surface area contributed by atoms with Gasteiger partial charge in [0.05, 0.1) is 5.52 Å². The Kier molecular flexibility index (Phi) is 4.86. The zero-order valence-corrected chi connectivity index (χ0v) is 16.9. The summed E-state index contributed by atoms with van der Waals surface area (Å²) in [5.74, 6) is 1.78. The molecule has 28 heavy (non-hydrogen) atoms. The number of hydrogen-bond acceptors (Lipinski definition) is 2. The molecule has 2 aromatic carbocycles. The van der Waals surface area contributed by atoms with Crippen molar-refractivity contribution in [1.82, 2.24) is 9.47 Å². The second-order valence-corrected chi connectivity index (χ2v) is 8.34. The zero-order valence-electron chi connectivity index (χ0n) is 16.9. The molecule has 2 bridgehead atoms. The molecule has 0 aliphatic carbocycles. The maximum atomic E-state index is 6.17. The molecule has 146 valence electrons. The van der Waals surface area contributed by atoms with Crippen LogP contribution in [0, 0.1) is 5.92 Å². The third-order valence-corrected chi connectivity index (χ3v) is 6.59. The van der Waals surface area contributed by atoms with Crippen LogP contribution in [-0.4, -0.2) is 35.7 Å². The van der Waals surface area contributed by atoms with Crippen LogP contribution >= 0.6 is 0 Å². The Morgan fingerprint density at radius 2 is 1.86 bits per heavy atom. The average molecular weight is 375 g/mol. The molecule has 4 heterocycles. The second kappa shape index (κ2) is 7.63. The first-order chi connectivity index (χ1) is 13.8. The topological polar surface area (TPSA) is 17.4 Å². The van der Waals surface area contributed by atoms with E-state index in [9.17, 15) is 0 Å². The van der Waals surface area contributed by atoms with Gasteiger partial charge in [0.2, 0.25) is 0 Å². The van der Waals surface area contributed by atoms with Crippen molar-refractivity contribution >= 4 is 21.8 Å². The van der Waals surface area contributed by atoms with Crippen LogP contribution in [0.5, 0.6) is 5.75 Å². The molecule has 0 saturated carbocycles. The fraction of sp³-hybridized carbons (Fsp3) is 0.440. The van der Waals surface area contributed by atoms with Crippen molar-refractivity contribution in [2.45, 2.75) is 39.2 Å². The lowest BCUT2D eigenvalue weighted by molar-refractivity contribution is 0.160. The van der Waals surface area contributed by atoms with Gasteiger partial charge < -0.3 is 9.30 Å². The molecule has 6 rings (SSSR count). The summed E-state index contributed by atoms with van der Waals surface area (Å²) in [4.78, 5) is 2.57. The smallest absolute Gasteiger partial charge is 0.121 e. The summed E-state index contributed by atoms with van der Waals surface area (Å²) in [6, 6.07) is 15.4. The van der Waals surface area contributed by atoms with Gasteiger partial charge >= 0.3 is 0 Å². The van der Waals surface area contributed by atoms with Gasteiger partial charge in [-0.2, -0.15) is 0 Å². The van der Waals surface area contributed by atoms with Crippen LogP contribution in [0.25, 0.3) is 21.8 Å². The summed E-state index contributed by atoms with van der Waals surface area (Å²) in [6.07, 6.45) is 7.40. The predicted octanol–water partition coefficient (Wildman–Crippen LogP) is 5.63. The number of para-hydroxylation sites is 1. The Balaban J connectivity index is 1.40. The van der Waals surface area contributed by atoms with Gasteiger partial charge in [0.1, 0.15) is 12.4 Å². The predicted molar refractivity (Wildman–Crippen MR) is 117 cm³/mol. The van der Waals surface area contributed by atoms with E-state index in [1.165, 1.54) is 60.6 Å². The minimum Gasteiger partial charge on any atom is -0.489 e. The lowest BCUT2D eigenvalue weighted by Gasteiger charge is -2.41. The normalized spacial score (nSPS) is 23.1. The SMILES string of the molecule is CCCCn1c2ccccc2c2ccc(OC/C=C3\CN4CCC3CC4)cc21. The molecule has 3 aliphatic rings. The molecule has 3 heteroatoms. The molecule has 0 amide bonds. The highest BCUT2D eigenvalue weighted by Gasteiger charge is 2.28. The first-order valence-corrected chi connectivity index (χ1v) is 10.9. The maximum absolute atomic E-state index is 6.17. The standard InChI is InChI=1S/C25H30N2O/c1-2-3-13-27-24-7-5-4-6-22(24)23-9-8-21(17-25(23)27)28-16-12-20-18-26-14-10-19(20)11-15-26/h4-9,12,17,19H,2-3,10-11,13-16,18H2,1H3/b20-12+. The quantitative estimate of drug-likeness (QED) is 0.521. The van der Waals surface area contributed by atoms with Crippen molar-refractivity contribution in [2.75, 3.05) is 26.2 Å². The van der Waals surface area contributed by atoms with Gasteiger partial charge in [-0.05, 0) is 62.5 Å². The molecule has 0 N–H and O–H groups in total. The largest absolute Gasteiger partial charge is 0.489 e. The van der Waals surface area contributed by atoms with Gasteiger partial charge in [0, 0.05) is 35.4 Å². The third-order valence-electron chi connectivity index (χ3n) is 6.59. The molecule has 0 unspecified atom stereocenters. The Labute approximate surface area is 167 Å². The minimum absolute atomic E-state index is 0.681. The fourth-order valence-electron chi connectivity index (χ4n) is 5.00. The van der Waals surface area contributed by atoms with E-state index in [4.69, 9.17) is 4.74 Å². The van der Waals surface area contributed by atoms with E-state index >= 15 is 0 Å². The lowest BCUT2D eigenvalue weighted by Crippen LogP contribution is -2.43. The van der Waals surface area contributed by atoms with Gasteiger partial charge in [-0.1, -0.05) is 37.1 Å². The Hall–Kier alpha value is -2.26. The monoisotopic (exact) mass is 374 g/mol. The summed E-state index contributed by atoms with van der Waals surface area (Å²) in [6.45, 7) is 7.71. The molecule has 0 radical (unpaired) electrons. The summed E-state index contributed by atoms with van der Waals surface area (Å²) >= 11 is 0. The van der Waals surface area contributed by atoms with E-state index in [1.54, 1.807) is 5.57 Å². The van der Waals surface area contributed by atoms with Crippen molar-refractivity contribution in [3.8, 4) is 5.75 Å². The number of ether oxygens (including phenoxy) is 1.